The number of rotatable bonds is 4. The van der Waals surface area contributed by atoms with Crippen molar-refractivity contribution in [3.05, 3.63) is 23.9 Å². The van der Waals surface area contributed by atoms with Crippen molar-refractivity contribution in [2.24, 2.45) is 0 Å². The highest BCUT2D eigenvalue weighted by Gasteiger charge is 2.29. The summed E-state index contributed by atoms with van der Waals surface area (Å²) in [6.07, 6.45) is 1.91. The van der Waals surface area contributed by atoms with Crippen LogP contribution in [0.5, 0.6) is 0 Å². The van der Waals surface area contributed by atoms with Gasteiger partial charge in [-0.25, -0.2) is 4.98 Å². The summed E-state index contributed by atoms with van der Waals surface area (Å²) in [4.78, 5) is 7.09. The van der Waals surface area contributed by atoms with Gasteiger partial charge in [0.2, 0.25) is 0 Å². The number of nitrogens with zero attached hydrogens (tertiary/aromatic N) is 2. The van der Waals surface area contributed by atoms with Gasteiger partial charge in [0.25, 0.3) is 0 Å². The molecule has 1 unspecified atom stereocenters. The molecular formula is C15H25N3S. The topological polar surface area (TPSA) is 28.2 Å². The standard InChI is InChI=1S/C15H25N3S/c1-5-16-12(2)13-7-6-8-17-14(13)18-9-10-19-15(3,4)11-18/h6-8,12,16H,5,9-11H2,1-4H3. The fourth-order valence-corrected chi connectivity index (χ4v) is 3.74. The Bertz CT molecular complexity index is 420. The van der Waals surface area contributed by atoms with Crippen molar-refractivity contribution < 1.29 is 0 Å². The summed E-state index contributed by atoms with van der Waals surface area (Å²) in [5.41, 5.74) is 1.31. The van der Waals surface area contributed by atoms with Crippen LogP contribution in [-0.2, 0) is 0 Å². The van der Waals surface area contributed by atoms with Crippen LogP contribution in [-0.4, -0.2) is 35.1 Å². The molecule has 1 fully saturated rings. The molecule has 106 valence electrons. The highest BCUT2D eigenvalue weighted by Crippen LogP contribution is 2.33. The average Bonchev–Trinajstić information content (AvgIpc) is 2.38. The van der Waals surface area contributed by atoms with Crippen LogP contribution < -0.4 is 10.2 Å². The van der Waals surface area contributed by atoms with E-state index in [0.29, 0.717) is 10.8 Å². The van der Waals surface area contributed by atoms with Gasteiger partial charge >= 0.3 is 0 Å². The maximum Gasteiger partial charge on any atom is 0.133 e. The van der Waals surface area contributed by atoms with Gasteiger partial charge in [0.05, 0.1) is 0 Å². The summed E-state index contributed by atoms with van der Waals surface area (Å²) >= 11 is 2.06. The largest absolute Gasteiger partial charge is 0.354 e. The Morgan fingerprint density at radius 3 is 3.00 bits per heavy atom. The zero-order chi connectivity index (χ0) is 13.9. The van der Waals surface area contributed by atoms with Gasteiger partial charge in [-0.15, -0.1) is 0 Å². The first-order chi connectivity index (χ1) is 9.03. The summed E-state index contributed by atoms with van der Waals surface area (Å²) in [6.45, 7) is 12.1. The second kappa shape index (κ2) is 6.14. The SMILES string of the molecule is CCNC(C)c1cccnc1N1CCSC(C)(C)C1. The van der Waals surface area contributed by atoms with Crippen LogP contribution >= 0.6 is 11.8 Å². The van der Waals surface area contributed by atoms with Crippen molar-refractivity contribution in [1.82, 2.24) is 10.3 Å². The molecular weight excluding hydrogens is 254 g/mol. The van der Waals surface area contributed by atoms with Crippen molar-refractivity contribution in [2.45, 2.75) is 38.5 Å². The maximum absolute atomic E-state index is 4.65. The number of nitrogens with one attached hydrogen (secondary N) is 1. The Hall–Kier alpha value is -0.740. The van der Waals surface area contributed by atoms with Crippen molar-refractivity contribution in [1.29, 1.82) is 0 Å². The molecule has 1 aliphatic rings. The molecule has 1 aromatic rings. The summed E-state index contributed by atoms with van der Waals surface area (Å²) in [6, 6.07) is 4.59. The molecule has 0 aromatic carbocycles. The van der Waals surface area contributed by atoms with Crippen molar-refractivity contribution in [3.8, 4) is 0 Å². The van der Waals surface area contributed by atoms with E-state index in [1.165, 1.54) is 11.3 Å². The Labute approximate surface area is 121 Å². The third-order valence-electron chi connectivity index (χ3n) is 3.52. The van der Waals surface area contributed by atoms with E-state index in [-0.39, 0.29) is 0 Å². The minimum Gasteiger partial charge on any atom is -0.354 e. The third-order valence-corrected chi connectivity index (χ3v) is 4.82. The van der Waals surface area contributed by atoms with Crippen LogP contribution in [0.4, 0.5) is 5.82 Å². The van der Waals surface area contributed by atoms with E-state index in [0.717, 1.165) is 25.5 Å². The molecule has 1 aliphatic heterocycles. The van der Waals surface area contributed by atoms with Crippen molar-refractivity contribution in [2.75, 3.05) is 30.3 Å². The molecule has 0 spiro atoms. The monoisotopic (exact) mass is 279 g/mol. The number of anilines is 1. The highest BCUT2D eigenvalue weighted by atomic mass is 32.2. The second-order valence-corrected chi connectivity index (χ2v) is 7.53. The predicted octanol–water partition coefficient (Wildman–Crippen LogP) is 3.08. The second-order valence-electron chi connectivity index (χ2n) is 5.73. The quantitative estimate of drug-likeness (QED) is 0.917. The summed E-state index contributed by atoms with van der Waals surface area (Å²) in [5, 5.41) is 3.49. The number of thioether (sulfide) groups is 1. The van der Waals surface area contributed by atoms with Crippen LogP contribution in [0.3, 0.4) is 0 Å². The van der Waals surface area contributed by atoms with Gasteiger partial charge in [0.1, 0.15) is 5.82 Å². The molecule has 4 heteroatoms. The van der Waals surface area contributed by atoms with Gasteiger partial charge in [-0.2, -0.15) is 11.8 Å². The summed E-state index contributed by atoms with van der Waals surface area (Å²) in [7, 11) is 0. The number of aromatic nitrogens is 1. The molecule has 2 rings (SSSR count). The van der Waals surface area contributed by atoms with Crippen LogP contribution in [0, 0.1) is 0 Å². The van der Waals surface area contributed by atoms with E-state index in [2.05, 4.69) is 60.7 Å². The molecule has 1 atom stereocenters. The van der Waals surface area contributed by atoms with Crippen LogP contribution in [0.2, 0.25) is 0 Å². The molecule has 2 heterocycles. The maximum atomic E-state index is 4.65. The van der Waals surface area contributed by atoms with Gasteiger partial charge in [-0.3, -0.25) is 0 Å². The first kappa shape index (κ1) is 14.7. The van der Waals surface area contributed by atoms with E-state index in [4.69, 9.17) is 0 Å². The molecule has 0 bridgehead atoms. The lowest BCUT2D eigenvalue weighted by molar-refractivity contribution is 0.585. The lowest BCUT2D eigenvalue weighted by Crippen LogP contribution is -2.44. The van der Waals surface area contributed by atoms with Gasteiger partial charge in [0, 0.05) is 41.4 Å². The number of hydrogen-bond donors (Lipinski definition) is 1. The summed E-state index contributed by atoms with van der Waals surface area (Å²) < 4.78 is 0.314. The van der Waals surface area contributed by atoms with Crippen LogP contribution in [0.25, 0.3) is 0 Å². The molecule has 19 heavy (non-hydrogen) atoms. The number of hydrogen-bond acceptors (Lipinski definition) is 4. The zero-order valence-electron chi connectivity index (χ0n) is 12.4. The first-order valence-corrected chi connectivity index (χ1v) is 8.09. The normalized spacial score (nSPS) is 20.3. The van der Waals surface area contributed by atoms with E-state index < -0.39 is 0 Å². The van der Waals surface area contributed by atoms with Crippen molar-refractivity contribution >= 4 is 17.6 Å². The third kappa shape index (κ3) is 3.63. The molecule has 3 nitrogen and oxygen atoms in total. The van der Waals surface area contributed by atoms with Crippen molar-refractivity contribution in [3.63, 3.8) is 0 Å². The van der Waals surface area contributed by atoms with E-state index >= 15 is 0 Å². The molecule has 1 aromatic heterocycles. The average molecular weight is 279 g/mol. The first-order valence-electron chi connectivity index (χ1n) is 7.10. The van der Waals surface area contributed by atoms with E-state index in [1.807, 2.05) is 12.3 Å². The lowest BCUT2D eigenvalue weighted by Gasteiger charge is -2.39. The molecule has 0 radical (unpaired) electrons. The minimum absolute atomic E-state index is 0.314. The van der Waals surface area contributed by atoms with E-state index in [9.17, 15) is 0 Å². The fraction of sp³-hybridized carbons (Fsp3) is 0.667. The fourth-order valence-electron chi connectivity index (χ4n) is 2.63. The Balaban J connectivity index is 2.24. The summed E-state index contributed by atoms with van der Waals surface area (Å²) in [5.74, 6) is 2.34. The van der Waals surface area contributed by atoms with Crippen LogP contribution in [0.1, 0.15) is 39.3 Å². The molecule has 1 saturated heterocycles. The number of pyridine rings is 1. The Morgan fingerprint density at radius 1 is 1.53 bits per heavy atom. The Morgan fingerprint density at radius 2 is 2.32 bits per heavy atom. The minimum atomic E-state index is 0.314. The van der Waals surface area contributed by atoms with Gasteiger partial charge in [0.15, 0.2) is 0 Å². The van der Waals surface area contributed by atoms with E-state index in [1.54, 1.807) is 0 Å². The van der Waals surface area contributed by atoms with Crippen LogP contribution in [0.15, 0.2) is 18.3 Å². The molecule has 0 aliphatic carbocycles. The highest BCUT2D eigenvalue weighted by molar-refractivity contribution is 8.00. The lowest BCUT2D eigenvalue weighted by atomic mass is 10.1. The zero-order valence-corrected chi connectivity index (χ0v) is 13.3. The Kier molecular flexibility index (Phi) is 4.74. The smallest absolute Gasteiger partial charge is 0.133 e. The predicted molar refractivity (Wildman–Crippen MR) is 85.1 cm³/mol. The molecule has 0 saturated carbocycles. The molecule has 0 amide bonds. The van der Waals surface area contributed by atoms with Gasteiger partial charge < -0.3 is 10.2 Å². The van der Waals surface area contributed by atoms with Gasteiger partial charge in [-0.05, 0) is 33.4 Å². The van der Waals surface area contributed by atoms with Gasteiger partial charge in [-0.1, -0.05) is 13.0 Å². The molecule has 1 N–H and O–H groups in total.